The number of rotatable bonds is 7. The number of sulfonamides is 1. The standard InChI is InChI=1S/C13H20BrNO3S/c1-3-4-5-6-7-18-13-10(2)8-11(14)9-12(13)19(15,16)17/h8-9H,3-7H2,1-2H3,(H2,15,16,17). The molecule has 0 radical (unpaired) electrons. The number of aryl methyl sites for hydroxylation is 1. The normalized spacial score (nSPS) is 11.6. The number of unbranched alkanes of at least 4 members (excludes halogenated alkanes) is 3. The quantitative estimate of drug-likeness (QED) is 0.767. The lowest BCUT2D eigenvalue weighted by Gasteiger charge is -2.13. The molecule has 0 spiro atoms. The molecular weight excluding hydrogens is 330 g/mol. The first kappa shape index (κ1) is 16.5. The van der Waals surface area contributed by atoms with Gasteiger partial charge in [0.2, 0.25) is 10.0 Å². The van der Waals surface area contributed by atoms with Gasteiger partial charge in [-0.25, -0.2) is 13.6 Å². The third kappa shape index (κ3) is 5.12. The molecule has 1 rings (SSSR count). The number of ether oxygens (including phenoxy) is 1. The summed E-state index contributed by atoms with van der Waals surface area (Å²) in [7, 11) is -3.78. The summed E-state index contributed by atoms with van der Waals surface area (Å²) in [6.45, 7) is 4.45. The summed E-state index contributed by atoms with van der Waals surface area (Å²) < 4.78 is 29.4. The molecule has 0 aliphatic carbocycles. The van der Waals surface area contributed by atoms with Gasteiger partial charge in [0.25, 0.3) is 0 Å². The predicted molar refractivity (Wildman–Crippen MR) is 79.9 cm³/mol. The van der Waals surface area contributed by atoms with Gasteiger partial charge < -0.3 is 4.74 Å². The molecule has 2 N–H and O–H groups in total. The van der Waals surface area contributed by atoms with Crippen molar-refractivity contribution in [2.75, 3.05) is 6.61 Å². The van der Waals surface area contributed by atoms with E-state index >= 15 is 0 Å². The van der Waals surface area contributed by atoms with Gasteiger partial charge in [0, 0.05) is 4.47 Å². The molecule has 0 aliphatic heterocycles. The Balaban J connectivity index is 2.87. The van der Waals surface area contributed by atoms with Crippen molar-refractivity contribution < 1.29 is 13.2 Å². The van der Waals surface area contributed by atoms with E-state index < -0.39 is 10.0 Å². The Labute approximate surface area is 123 Å². The molecule has 4 nitrogen and oxygen atoms in total. The van der Waals surface area contributed by atoms with Gasteiger partial charge in [0.15, 0.2) is 0 Å². The van der Waals surface area contributed by atoms with Crippen molar-refractivity contribution in [3.63, 3.8) is 0 Å². The molecule has 1 aromatic rings. The molecule has 0 amide bonds. The van der Waals surface area contributed by atoms with Crippen LogP contribution >= 0.6 is 15.9 Å². The molecule has 0 unspecified atom stereocenters. The van der Waals surface area contributed by atoms with E-state index in [1.165, 1.54) is 6.07 Å². The molecule has 108 valence electrons. The van der Waals surface area contributed by atoms with E-state index in [1.807, 2.05) is 6.07 Å². The van der Waals surface area contributed by atoms with Gasteiger partial charge in [-0.2, -0.15) is 0 Å². The Kier molecular flexibility index (Phi) is 6.29. The Morgan fingerprint density at radius 1 is 1.26 bits per heavy atom. The summed E-state index contributed by atoms with van der Waals surface area (Å²) in [5, 5.41) is 5.22. The highest BCUT2D eigenvalue weighted by Crippen LogP contribution is 2.31. The van der Waals surface area contributed by atoms with E-state index in [0.29, 0.717) is 16.8 Å². The zero-order valence-corrected chi connectivity index (χ0v) is 13.7. The minimum absolute atomic E-state index is 0.0369. The fourth-order valence-electron chi connectivity index (χ4n) is 1.80. The first-order chi connectivity index (χ1) is 8.86. The van der Waals surface area contributed by atoms with Gasteiger partial charge in [-0.3, -0.25) is 0 Å². The number of nitrogens with two attached hydrogens (primary N) is 1. The molecule has 0 aromatic heterocycles. The second-order valence-electron chi connectivity index (χ2n) is 4.50. The molecular formula is C13H20BrNO3S. The molecule has 19 heavy (non-hydrogen) atoms. The van der Waals surface area contributed by atoms with E-state index in [4.69, 9.17) is 9.88 Å². The van der Waals surface area contributed by atoms with Crippen molar-refractivity contribution in [1.29, 1.82) is 0 Å². The van der Waals surface area contributed by atoms with Gasteiger partial charge in [-0.15, -0.1) is 0 Å². The topological polar surface area (TPSA) is 69.4 Å². The average molecular weight is 350 g/mol. The second-order valence-corrected chi connectivity index (χ2v) is 6.95. The van der Waals surface area contributed by atoms with Crippen LogP contribution in [0.2, 0.25) is 0 Å². The number of hydrogen-bond donors (Lipinski definition) is 1. The van der Waals surface area contributed by atoms with Gasteiger partial charge in [0.05, 0.1) is 6.61 Å². The van der Waals surface area contributed by atoms with Crippen LogP contribution in [0.1, 0.15) is 38.2 Å². The summed E-state index contributed by atoms with van der Waals surface area (Å²) in [6.07, 6.45) is 4.30. The maximum absolute atomic E-state index is 11.6. The number of primary sulfonamides is 1. The molecule has 0 heterocycles. The van der Waals surface area contributed by atoms with Crippen LogP contribution in [0.3, 0.4) is 0 Å². The highest BCUT2D eigenvalue weighted by molar-refractivity contribution is 9.10. The Bertz CT molecular complexity index is 529. The monoisotopic (exact) mass is 349 g/mol. The minimum Gasteiger partial charge on any atom is -0.492 e. The van der Waals surface area contributed by atoms with Crippen LogP contribution in [0.4, 0.5) is 0 Å². The van der Waals surface area contributed by atoms with Crippen LogP contribution in [0.25, 0.3) is 0 Å². The lowest BCUT2D eigenvalue weighted by Crippen LogP contribution is -2.15. The molecule has 0 atom stereocenters. The number of benzene rings is 1. The van der Waals surface area contributed by atoms with Crippen molar-refractivity contribution in [1.82, 2.24) is 0 Å². The van der Waals surface area contributed by atoms with Gasteiger partial charge in [0.1, 0.15) is 10.6 Å². The van der Waals surface area contributed by atoms with E-state index in [0.717, 1.165) is 31.2 Å². The molecule has 0 aliphatic rings. The van der Waals surface area contributed by atoms with Crippen molar-refractivity contribution >= 4 is 26.0 Å². The lowest BCUT2D eigenvalue weighted by atomic mass is 10.2. The van der Waals surface area contributed by atoms with Crippen LogP contribution in [0, 0.1) is 6.92 Å². The van der Waals surface area contributed by atoms with Crippen LogP contribution in [-0.2, 0) is 10.0 Å². The van der Waals surface area contributed by atoms with E-state index in [9.17, 15) is 8.42 Å². The third-order valence-corrected chi connectivity index (χ3v) is 4.13. The van der Waals surface area contributed by atoms with E-state index in [-0.39, 0.29) is 4.90 Å². The molecule has 1 aromatic carbocycles. The smallest absolute Gasteiger partial charge is 0.241 e. The van der Waals surface area contributed by atoms with Crippen LogP contribution in [0.5, 0.6) is 5.75 Å². The summed E-state index contributed by atoms with van der Waals surface area (Å²) in [4.78, 5) is 0.0369. The maximum atomic E-state index is 11.6. The summed E-state index contributed by atoms with van der Waals surface area (Å²) in [5.41, 5.74) is 0.758. The largest absolute Gasteiger partial charge is 0.492 e. The zero-order chi connectivity index (χ0) is 14.5. The fourth-order valence-corrected chi connectivity index (χ4v) is 3.29. The van der Waals surface area contributed by atoms with Crippen molar-refractivity contribution in [2.24, 2.45) is 5.14 Å². The molecule has 0 saturated carbocycles. The lowest BCUT2D eigenvalue weighted by molar-refractivity contribution is 0.295. The molecule has 0 saturated heterocycles. The zero-order valence-electron chi connectivity index (χ0n) is 11.3. The SMILES string of the molecule is CCCCCCOc1c(C)cc(Br)cc1S(N)(=O)=O. The molecule has 6 heteroatoms. The molecule has 0 fully saturated rings. The van der Waals surface area contributed by atoms with Crippen molar-refractivity contribution in [3.05, 3.63) is 22.2 Å². The third-order valence-electron chi connectivity index (χ3n) is 2.76. The Hall–Kier alpha value is -0.590. The average Bonchev–Trinajstić information content (AvgIpc) is 2.29. The second kappa shape index (κ2) is 7.26. The first-order valence-electron chi connectivity index (χ1n) is 6.32. The van der Waals surface area contributed by atoms with Gasteiger partial charge in [-0.05, 0) is 31.0 Å². The summed E-state index contributed by atoms with van der Waals surface area (Å²) in [6, 6.07) is 3.29. The van der Waals surface area contributed by atoms with Crippen LogP contribution in [0.15, 0.2) is 21.5 Å². The highest BCUT2D eigenvalue weighted by Gasteiger charge is 2.18. The fraction of sp³-hybridized carbons (Fsp3) is 0.538. The highest BCUT2D eigenvalue weighted by atomic mass is 79.9. The van der Waals surface area contributed by atoms with Crippen LogP contribution in [-0.4, -0.2) is 15.0 Å². The Morgan fingerprint density at radius 2 is 1.95 bits per heavy atom. The van der Waals surface area contributed by atoms with Gasteiger partial charge >= 0.3 is 0 Å². The number of halogens is 1. The van der Waals surface area contributed by atoms with Crippen molar-refractivity contribution in [2.45, 2.75) is 44.4 Å². The van der Waals surface area contributed by atoms with E-state index in [1.54, 1.807) is 6.92 Å². The summed E-state index contributed by atoms with van der Waals surface area (Å²) in [5.74, 6) is 0.363. The first-order valence-corrected chi connectivity index (χ1v) is 8.66. The molecule has 0 bridgehead atoms. The Morgan fingerprint density at radius 3 is 2.53 bits per heavy atom. The minimum atomic E-state index is -3.78. The summed E-state index contributed by atoms with van der Waals surface area (Å²) >= 11 is 3.27. The number of hydrogen-bond acceptors (Lipinski definition) is 3. The van der Waals surface area contributed by atoms with Gasteiger partial charge in [-0.1, -0.05) is 42.1 Å². The maximum Gasteiger partial charge on any atom is 0.241 e. The van der Waals surface area contributed by atoms with E-state index in [2.05, 4.69) is 22.9 Å². The van der Waals surface area contributed by atoms with Crippen molar-refractivity contribution in [3.8, 4) is 5.75 Å². The van der Waals surface area contributed by atoms with Crippen LogP contribution < -0.4 is 9.88 Å². The predicted octanol–water partition coefficient (Wildman–Crippen LogP) is 3.36.